The van der Waals surface area contributed by atoms with Gasteiger partial charge in [-0.1, -0.05) is 36.0 Å². The lowest BCUT2D eigenvalue weighted by Gasteiger charge is -2.13. The number of pyridine rings is 1. The van der Waals surface area contributed by atoms with Crippen molar-refractivity contribution >= 4 is 49.4 Å². The zero-order chi connectivity index (χ0) is 22.7. The van der Waals surface area contributed by atoms with Crippen molar-refractivity contribution in [3.63, 3.8) is 0 Å². The van der Waals surface area contributed by atoms with Crippen LogP contribution >= 0.6 is 22.1 Å². The van der Waals surface area contributed by atoms with Crippen molar-refractivity contribution in [2.24, 2.45) is 0 Å². The molecule has 0 radical (unpaired) electrons. The largest absolute Gasteiger partial charge is 0.491 e. The van der Waals surface area contributed by atoms with Crippen LogP contribution in [0.2, 0.25) is 5.02 Å². The van der Waals surface area contributed by atoms with Crippen LogP contribution in [0.4, 0.5) is 0 Å². The number of aromatic amines is 1. The van der Waals surface area contributed by atoms with Crippen LogP contribution < -0.4 is 4.74 Å². The van der Waals surface area contributed by atoms with Gasteiger partial charge in [0.1, 0.15) is 11.4 Å². The number of halogens is 1. The van der Waals surface area contributed by atoms with E-state index in [2.05, 4.69) is 84.6 Å². The van der Waals surface area contributed by atoms with Crippen LogP contribution in [0.3, 0.4) is 0 Å². The molecule has 0 aliphatic rings. The summed E-state index contributed by atoms with van der Waals surface area (Å²) < 4.78 is 6.19. The van der Waals surface area contributed by atoms with E-state index in [1.54, 1.807) is 6.20 Å². The van der Waals surface area contributed by atoms with E-state index in [-0.39, 0.29) is 10.5 Å². The maximum atomic E-state index is 6.34. The highest BCUT2D eigenvalue weighted by molar-refractivity contribution is 8.15. The number of nitrogens with zero attached hydrogens (tertiary/aromatic N) is 2. The van der Waals surface area contributed by atoms with Gasteiger partial charge in [0.15, 0.2) is 0 Å². The fourth-order valence-electron chi connectivity index (χ4n) is 4.06. The molecule has 4 rings (SSSR count). The second kappa shape index (κ2) is 10.1. The van der Waals surface area contributed by atoms with Gasteiger partial charge in [0.25, 0.3) is 0 Å². The van der Waals surface area contributed by atoms with Gasteiger partial charge in [0.2, 0.25) is 0 Å². The van der Waals surface area contributed by atoms with Crippen molar-refractivity contribution in [2.45, 2.75) is 25.2 Å². The smallest absolute Gasteiger partial charge is 0.143 e. The van der Waals surface area contributed by atoms with E-state index in [0.717, 1.165) is 52.0 Å². The molecule has 32 heavy (non-hydrogen) atoms. The van der Waals surface area contributed by atoms with Gasteiger partial charge in [-0.2, -0.15) is 10.5 Å². The molecule has 0 saturated carbocycles. The fourth-order valence-corrected chi connectivity index (χ4v) is 5.68. The van der Waals surface area contributed by atoms with Crippen LogP contribution in [0.1, 0.15) is 20.3 Å². The Balaban J connectivity index is 1.85. The molecule has 0 spiro atoms. The predicted molar refractivity (Wildman–Crippen MR) is 141 cm³/mol. The summed E-state index contributed by atoms with van der Waals surface area (Å²) in [6.07, 6.45) is 2.65. The molecule has 0 saturated heterocycles. The van der Waals surface area contributed by atoms with Crippen LogP contribution in [-0.2, 0) is 0 Å². The van der Waals surface area contributed by atoms with Crippen LogP contribution in [0.5, 0.6) is 5.75 Å². The third kappa shape index (κ3) is 4.70. The molecule has 0 aliphatic heterocycles. The molecule has 4 aromatic rings. The summed E-state index contributed by atoms with van der Waals surface area (Å²) in [6, 6.07) is 15.1. The molecule has 1 atom stereocenters. The average molecular weight is 468 g/mol. The first-order valence-electron chi connectivity index (χ1n) is 11.0. The molecular weight excluding hydrogens is 438 g/mol. The Morgan fingerprint density at radius 2 is 2.03 bits per heavy atom. The highest BCUT2D eigenvalue weighted by Gasteiger charge is 2.16. The van der Waals surface area contributed by atoms with E-state index in [4.69, 9.17) is 16.3 Å². The number of aromatic nitrogens is 2. The van der Waals surface area contributed by atoms with Crippen molar-refractivity contribution in [3.8, 4) is 16.9 Å². The second-order valence-electron chi connectivity index (χ2n) is 8.02. The molecule has 1 unspecified atom stereocenters. The molecule has 2 heterocycles. The Labute approximate surface area is 197 Å². The Hall–Kier alpha value is -2.34. The van der Waals surface area contributed by atoms with Gasteiger partial charge in [-0.15, -0.1) is 0 Å². The summed E-state index contributed by atoms with van der Waals surface area (Å²) >= 11 is 6.34. The molecule has 0 amide bonds. The monoisotopic (exact) mass is 467 g/mol. The Morgan fingerprint density at radius 3 is 2.78 bits per heavy atom. The van der Waals surface area contributed by atoms with Gasteiger partial charge in [0, 0.05) is 28.4 Å². The Bertz CT molecular complexity index is 1280. The molecule has 0 aliphatic carbocycles. The van der Waals surface area contributed by atoms with Crippen molar-refractivity contribution in [1.82, 2.24) is 14.9 Å². The molecule has 168 valence electrons. The topological polar surface area (TPSA) is 41.1 Å². The summed E-state index contributed by atoms with van der Waals surface area (Å²) in [7, 11) is 4.31. The summed E-state index contributed by atoms with van der Waals surface area (Å²) in [5.74, 6) is 1.96. The lowest BCUT2D eigenvalue weighted by Crippen LogP contribution is -2.15. The van der Waals surface area contributed by atoms with E-state index >= 15 is 0 Å². The molecule has 2 aromatic heterocycles. The van der Waals surface area contributed by atoms with Crippen LogP contribution in [-0.4, -0.2) is 53.2 Å². The first-order valence-corrected chi connectivity index (χ1v) is 12.8. The van der Waals surface area contributed by atoms with E-state index in [1.807, 2.05) is 6.07 Å². The summed E-state index contributed by atoms with van der Waals surface area (Å²) in [5, 5.41) is 5.05. The standard InChI is InChI=1S/C26H30ClN3OS/c1-5-32(6-2)20-10-7-9-18(15-20)21-11-12-23(31-14-8-13-30(3)4)25-24(21)22-16-19(27)17-28-26(22)29-25/h5,7,9-12,15-17H,6,8,13-14H2,1-4H3,(H,28,29). The lowest BCUT2D eigenvalue weighted by atomic mass is 9.99. The third-order valence-electron chi connectivity index (χ3n) is 5.58. The normalized spacial score (nSPS) is 12.8. The molecule has 6 heteroatoms. The van der Waals surface area contributed by atoms with Gasteiger partial charge < -0.3 is 14.6 Å². The van der Waals surface area contributed by atoms with Gasteiger partial charge in [-0.25, -0.2) is 4.98 Å². The first kappa shape index (κ1) is 22.8. The summed E-state index contributed by atoms with van der Waals surface area (Å²) in [5.41, 5.74) is 4.15. The van der Waals surface area contributed by atoms with Gasteiger partial charge in [0.05, 0.1) is 17.1 Å². The van der Waals surface area contributed by atoms with E-state index in [9.17, 15) is 0 Å². The van der Waals surface area contributed by atoms with Crippen LogP contribution in [0.25, 0.3) is 33.1 Å². The number of fused-ring (bicyclic) bond motifs is 3. The van der Waals surface area contributed by atoms with Crippen molar-refractivity contribution in [1.29, 1.82) is 0 Å². The van der Waals surface area contributed by atoms with Crippen LogP contribution in [0, 0.1) is 0 Å². The minimum atomic E-state index is 0.151. The Kier molecular flexibility index (Phi) is 7.19. The predicted octanol–water partition coefficient (Wildman–Crippen LogP) is 6.84. The maximum Gasteiger partial charge on any atom is 0.143 e. The maximum absolute atomic E-state index is 6.34. The zero-order valence-corrected chi connectivity index (χ0v) is 20.7. The van der Waals surface area contributed by atoms with Gasteiger partial charge in [-0.05, 0) is 74.7 Å². The van der Waals surface area contributed by atoms with Crippen molar-refractivity contribution in [3.05, 3.63) is 53.7 Å². The molecule has 1 N–H and O–H groups in total. The van der Waals surface area contributed by atoms with E-state index < -0.39 is 0 Å². The van der Waals surface area contributed by atoms with E-state index in [1.165, 1.54) is 10.5 Å². The minimum Gasteiger partial charge on any atom is -0.491 e. The fraction of sp³-hybridized carbons (Fsp3) is 0.308. The number of hydrogen-bond acceptors (Lipinski definition) is 3. The number of nitrogens with one attached hydrogen (secondary N) is 1. The van der Waals surface area contributed by atoms with Gasteiger partial charge in [-0.3, -0.25) is 0 Å². The quantitative estimate of drug-likeness (QED) is 0.228. The zero-order valence-electron chi connectivity index (χ0n) is 19.1. The first-order chi connectivity index (χ1) is 15.5. The summed E-state index contributed by atoms with van der Waals surface area (Å²) in [6.45, 7) is 6.04. The summed E-state index contributed by atoms with van der Waals surface area (Å²) in [4.78, 5) is 11.5. The van der Waals surface area contributed by atoms with Crippen molar-refractivity contribution < 1.29 is 4.74 Å². The molecule has 4 nitrogen and oxygen atoms in total. The lowest BCUT2D eigenvalue weighted by molar-refractivity contribution is 0.284. The SMILES string of the molecule is C/C=S(\CC)c1cccc(-c2ccc(OCCCN(C)C)c3[nH]c4ncc(Cl)cc4c23)c1. The Morgan fingerprint density at radius 1 is 1.19 bits per heavy atom. The number of hydrogen-bond donors (Lipinski definition) is 1. The number of H-pyrrole nitrogens is 1. The average Bonchev–Trinajstić information content (AvgIpc) is 3.17. The molecule has 0 bridgehead atoms. The number of rotatable bonds is 8. The minimum absolute atomic E-state index is 0.151. The second-order valence-corrected chi connectivity index (χ2v) is 10.8. The number of benzene rings is 2. The highest BCUT2D eigenvalue weighted by atomic mass is 35.5. The van der Waals surface area contributed by atoms with Gasteiger partial charge >= 0.3 is 0 Å². The number of ether oxygens (including phenoxy) is 1. The molecular formula is C26H30ClN3OS. The molecule has 0 fully saturated rings. The molecule has 2 aromatic carbocycles. The van der Waals surface area contributed by atoms with Crippen LogP contribution in [0.15, 0.2) is 53.6 Å². The highest BCUT2D eigenvalue weighted by Crippen LogP contribution is 2.40. The third-order valence-corrected chi connectivity index (χ3v) is 7.84. The van der Waals surface area contributed by atoms with Crippen molar-refractivity contribution in [2.75, 3.05) is 33.0 Å². The van der Waals surface area contributed by atoms with E-state index in [0.29, 0.717) is 11.6 Å².